The summed E-state index contributed by atoms with van der Waals surface area (Å²) in [6.45, 7) is 1.75. The summed E-state index contributed by atoms with van der Waals surface area (Å²) in [6, 6.07) is 2.94. The Kier molecular flexibility index (Phi) is 4.43. The van der Waals surface area contributed by atoms with Crippen LogP contribution in [0.25, 0.3) is 11.5 Å². The molecule has 0 unspecified atom stereocenters. The van der Waals surface area contributed by atoms with Crippen LogP contribution in [0, 0.1) is 6.92 Å². The normalized spacial score (nSPS) is 12.6. The van der Waals surface area contributed by atoms with E-state index in [-0.39, 0.29) is 18.0 Å². The van der Waals surface area contributed by atoms with Gasteiger partial charge in [0, 0.05) is 11.4 Å². The highest BCUT2D eigenvalue weighted by molar-refractivity contribution is 7.89. The summed E-state index contributed by atoms with van der Waals surface area (Å²) >= 11 is 1.38. The predicted molar refractivity (Wildman–Crippen MR) is 80.1 cm³/mol. The van der Waals surface area contributed by atoms with Crippen LogP contribution < -0.4 is 4.72 Å². The molecule has 0 bridgehead atoms. The molecular formula is C13H10F3N3O4S2. The minimum atomic E-state index is -4.69. The van der Waals surface area contributed by atoms with Crippen molar-refractivity contribution in [2.75, 3.05) is 0 Å². The molecule has 0 amide bonds. The third-order valence-corrected chi connectivity index (χ3v) is 5.09. The number of furan rings is 1. The van der Waals surface area contributed by atoms with Crippen LogP contribution in [0.3, 0.4) is 0 Å². The first-order valence-electron chi connectivity index (χ1n) is 6.70. The third kappa shape index (κ3) is 3.91. The fraction of sp³-hybridized carbons (Fsp3) is 0.231. The van der Waals surface area contributed by atoms with Crippen molar-refractivity contribution in [1.29, 1.82) is 0 Å². The zero-order valence-electron chi connectivity index (χ0n) is 12.5. The summed E-state index contributed by atoms with van der Waals surface area (Å²) in [4.78, 5) is 4.12. The maximum absolute atomic E-state index is 12.5. The summed E-state index contributed by atoms with van der Waals surface area (Å²) in [5, 5.41) is 5.28. The van der Waals surface area contributed by atoms with Crippen molar-refractivity contribution >= 4 is 21.4 Å². The van der Waals surface area contributed by atoms with Crippen molar-refractivity contribution in [2.45, 2.75) is 24.7 Å². The molecule has 0 radical (unpaired) electrons. The van der Waals surface area contributed by atoms with E-state index in [0.717, 1.165) is 11.1 Å². The molecule has 0 saturated carbocycles. The number of alkyl halides is 3. The Labute approximate surface area is 143 Å². The van der Waals surface area contributed by atoms with Crippen molar-refractivity contribution in [3.63, 3.8) is 0 Å². The van der Waals surface area contributed by atoms with Gasteiger partial charge >= 0.3 is 6.18 Å². The van der Waals surface area contributed by atoms with E-state index in [2.05, 4.69) is 19.4 Å². The Morgan fingerprint density at radius 3 is 2.68 bits per heavy atom. The van der Waals surface area contributed by atoms with Gasteiger partial charge in [-0.15, -0.1) is 11.3 Å². The Balaban J connectivity index is 1.76. The molecule has 0 aliphatic heterocycles. The second kappa shape index (κ2) is 6.28. The highest BCUT2D eigenvalue weighted by Crippen LogP contribution is 2.33. The second-order valence-electron chi connectivity index (χ2n) is 4.88. The average Bonchev–Trinajstić information content (AvgIpc) is 3.24. The molecule has 0 aromatic carbocycles. The first-order valence-corrected chi connectivity index (χ1v) is 9.06. The second-order valence-corrected chi connectivity index (χ2v) is 7.64. The minimum absolute atomic E-state index is 0.0368. The molecule has 134 valence electrons. The van der Waals surface area contributed by atoms with Crippen LogP contribution in [0.15, 0.2) is 37.6 Å². The van der Waals surface area contributed by atoms with Crippen molar-refractivity contribution in [2.24, 2.45) is 0 Å². The van der Waals surface area contributed by atoms with Crippen molar-refractivity contribution in [3.8, 4) is 11.5 Å². The predicted octanol–water partition coefficient (Wildman–Crippen LogP) is 3.20. The molecule has 12 heteroatoms. The molecule has 3 aromatic heterocycles. The maximum atomic E-state index is 12.5. The van der Waals surface area contributed by atoms with E-state index in [0.29, 0.717) is 11.8 Å². The summed E-state index contributed by atoms with van der Waals surface area (Å²) < 4.78 is 73.4. The van der Waals surface area contributed by atoms with Gasteiger partial charge in [-0.3, -0.25) is 0 Å². The highest BCUT2D eigenvalue weighted by atomic mass is 32.2. The summed E-state index contributed by atoms with van der Waals surface area (Å²) in [6.07, 6.45) is -4.69. The number of thiazole rings is 1. The SMILES string of the molecule is Cc1nc(CNS(=O)(=O)c2ccc(-c3cc(C(F)(F)F)on3)o2)cs1. The van der Waals surface area contributed by atoms with E-state index in [1.165, 1.54) is 17.4 Å². The van der Waals surface area contributed by atoms with Gasteiger partial charge in [0.25, 0.3) is 10.0 Å². The van der Waals surface area contributed by atoms with E-state index < -0.39 is 27.1 Å². The number of nitrogens with zero attached hydrogens (tertiary/aromatic N) is 2. The van der Waals surface area contributed by atoms with E-state index >= 15 is 0 Å². The van der Waals surface area contributed by atoms with Gasteiger partial charge < -0.3 is 8.94 Å². The van der Waals surface area contributed by atoms with Crippen LogP contribution in [-0.2, 0) is 22.7 Å². The van der Waals surface area contributed by atoms with Crippen LogP contribution in [0.5, 0.6) is 0 Å². The van der Waals surface area contributed by atoms with Gasteiger partial charge in [-0.25, -0.2) is 18.1 Å². The first-order chi connectivity index (χ1) is 11.6. The molecule has 0 atom stereocenters. The fourth-order valence-electron chi connectivity index (χ4n) is 1.86. The lowest BCUT2D eigenvalue weighted by atomic mass is 10.3. The lowest BCUT2D eigenvalue weighted by molar-refractivity contribution is -0.155. The molecule has 1 N–H and O–H groups in total. The van der Waals surface area contributed by atoms with Gasteiger partial charge in [0.2, 0.25) is 10.9 Å². The monoisotopic (exact) mass is 393 g/mol. The number of aryl methyl sites for hydroxylation is 1. The molecule has 0 aliphatic carbocycles. The molecule has 0 saturated heterocycles. The molecule has 0 fully saturated rings. The van der Waals surface area contributed by atoms with Crippen molar-refractivity contribution in [3.05, 3.63) is 40.0 Å². The molecule has 0 spiro atoms. The van der Waals surface area contributed by atoms with Gasteiger partial charge in [-0.1, -0.05) is 5.16 Å². The summed E-state index contributed by atoms with van der Waals surface area (Å²) in [7, 11) is -3.99. The van der Waals surface area contributed by atoms with Gasteiger partial charge in [-0.2, -0.15) is 13.2 Å². The molecule has 7 nitrogen and oxygen atoms in total. The number of aromatic nitrogens is 2. The topological polar surface area (TPSA) is 98.2 Å². The quantitative estimate of drug-likeness (QED) is 0.715. The Hall–Kier alpha value is -2.18. The fourth-order valence-corrected chi connectivity index (χ4v) is 3.40. The highest BCUT2D eigenvalue weighted by Gasteiger charge is 2.36. The van der Waals surface area contributed by atoms with Gasteiger partial charge in [0.1, 0.15) is 5.69 Å². The molecule has 3 heterocycles. The van der Waals surface area contributed by atoms with Crippen LogP contribution in [-0.4, -0.2) is 18.6 Å². The zero-order valence-corrected chi connectivity index (χ0v) is 14.1. The number of sulfonamides is 1. The van der Waals surface area contributed by atoms with Crippen LogP contribution >= 0.6 is 11.3 Å². The maximum Gasteiger partial charge on any atom is 0.452 e. The lowest BCUT2D eigenvalue weighted by Crippen LogP contribution is -2.22. The largest absolute Gasteiger partial charge is 0.452 e. The molecule has 25 heavy (non-hydrogen) atoms. The Morgan fingerprint density at radius 2 is 2.08 bits per heavy atom. The van der Waals surface area contributed by atoms with Crippen molar-refractivity contribution < 1.29 is 30.5 Å². The van der Waals surface area contributed by atoms with Crippen LogP contribution in [0.4, 0.5) is 13.2 Å². The Morgan fingerprint density at radius 1 is 1.32 bits per heavy atom. The third-order valence-electron chi connectivity index (χ3n) is 3.00. The molecule has 3 rings (SSSR count). The van der Waals surface area contributed by atoms with Gasteiger partial charge in [0.05, 0.1) is 17.2 Å². The molecular weight excluding hydrogens is 383 g/mol. The first kappa shape index (κ1) is 17.6. The van der Waals surface area contributed by atoms with Crippen LogP contribution in [0.1, 0.15) is 16.5 Å². The summed E-state index contributed by atoms with van der Waals surface area (Å²) in [5.74, 6) is -1.47. The number of hydrogen-bond donors (Lipinski definition) is 1. The number of rotatable bonds is 5. The van der Waals surface area contributed by atoms with E-state index in [1.54, 1.807) is 12.3 Å². The minimum Gasteiger partial charge on any atom is -0.441 e. The average molecular weight is 393 g/mol. The number of nitrogens with one attached hydrogen (secondary N) is 1. The Bertz CT molecular complexity index is 988. The van der Waals surface area contributed by atoms with E-state index in [4.69, 9.17) is 4.42 Å². The number of halogens is 3. The van der Waals surface area contributed by atoms with E-state index in [1.807, 2.05) is 0 Å². The zero-order chi connectivity index (χ0) is 18.2. The molecule has 0 aliphatic rings. The number of hydrogen-bond acceptors (Lipinski definition) is 7. The molecule has 3 aromatic rings. The van der Waals surface area contributed by atoms with E-state index in [9.17, 15) is 21.6 Å². The van der Waals surface area contributed by atoms with Gasteiger partial charge in [0.15, 0.2) is 5.76 Å². The van der Waals surface area contributed by atoms with Crippen LogP contribution in [0.2, 0.25) is 0 Å². The lowest BCUT2D eigenvalue weighted by Gasteiger charge is -2.01. The standard InChI is InChI=1S/C13H10F3N3O4S2/c1-7-18-8(6-24-7)5-17-25(20,21)12-3-2-10(22-12)9-4-11(23-19-9)13(14,15)16/h2-4,6,17H,5H2,1H3. The smallest absolute Gasteiger partial charge is 0.441 e. The van der Waals surface area contributed by atoms with Crippen molar-refractivity contribution in [1.82, 2.24) is 14.9 Å². The summed E-state index contributed by atoms with van der Waals surface area (Å²) in [5.41, 5.74) is 0.285. The van der Waals surface area contributed by atoms with Gasteiger partial charge in [-0.05, 0) is 19.1 Å².